The van der Waals surface area contributed by atoms with Gasteiger partial charge < -0.3 is 4.74 Å². The summed E-state index contributed by atoms with van der Waals surface area (Å²) in [7, 11) is 0. The van der Waals surface area contributed by atoms with Crippen LogP contribution in [0.5, 0.6) is 5.75 Å². The highest BCUT2D eigenvalue weighted by Crippen LogP contribution is 2.33. The van der Waals surface area contributed by atoms with E-state index in [1.807, 2.05) is 30.3 Å². The zero-order valence-corrected chi connectivity index (χ0v) is 11.4. The summed E-state index contributed by atoms with van der Waals surface area (Å²) in [5.74, 6) is 1.64. The maximum Gasteiger partial charge on any atom is 0.133 e. The van der Waals surface area contributed by atoms with Crippen LogP contribution in [0.3, 0.4) is 0 Å². The van der Waals surface area contributed by atoms with E-state index in [1.54, 1.807) is 0 Å². The predicted molar refractivity (Wildman–Crippen MR) is 78.8 cm³/mol. The molecular formula is C18H18O2. The molecule has 1 atom stereocenters. The lowest BCUT2D eigenvalue weighted by atomic mass is 9.97. The fourth-order valence-electron chi connectivity index (χ4n) is 2.70. The van der Waals surface area contributed by atoms with Crippen LogP contribution >= 0.6 is 0 Å². The lowest BCUT2D eigenvalue weighted by Crippen LogP contribution is -1.98. The Balaban J connectivity index is 1.67. The van der Waals surface area contributed by atoms with Crippen molar-refractivity contribution < 1.29 is 9.53 Å². The molecule has 20 heavy (non-hydrogen) atoms. The monoisotopic (exact) mass is 266 g/mol. The van der Waals surface area contributed by atoms with E-state index in [0.29, 0.717) is 24.7 Å². The van der Waals surface area contributed by atoms with Gasteiger partial charge in [-0.15, -0.1) is 0 Å². The van der Waals surface area contributed by atoms with E-state index in [4.69, 9.17) is 4.74 Å². The van der Waals surface area contributed by atoms with Crippen molar-refractivity contribution in [2.24, 2.45) is 0 Å². The summed E-state index contributed by atoms with van der Waals surface area (Å²) in [6.45, 7) is 0.577. The second kappa shape index (κ2) is 5.91. The van der Waals surface area contributed by atoms with Gasteiger partial charge >= 0.3 is 0 Å². The molecule has 0 N–H and O–H groups in total. The van der Waals surface area contributed by atoms with E-state index in [1.165, 1.54) is 5.56 Å². The minimum absolute atomic E-state index is 0.378. The van der Waals surface area contributed by atoms with Gasteiger partial charge in [-0.25, -0.2) is 0 Å². The summed E-state index contributed by atoms with van der Waals surface area (Å²) in [5, 5.41) is 0. The van der Waals surface area contributed by atoms with Crippen LogP contribution in [-0.2, 0) is 11.4 Å². The molecule has 1 aliphatic carbocycles. The van der Waals surface area contributed by atoms with Crippen LogP contribution in [0.2, 0.25) is 0 Å². The van der Waals surface area contributed by atoms with E-state index >= 15 is 0 Å². The van der Waals surface area contributed by atoms with Gasteiger partial charge in [0.2, 0.25) is 0 Å². The minimum atomic E-state index is 0.378. The standard InChI is InChI=1S/C18H18O2/c19-17-10-9-16(11-17)15-7-4-8-18(12-15)20-13-14-5-2-1-3-6-14/h1-8,12,16H,9-11,13H2/t16-/m1/s1. The van der Waals surface area contributed by atoms with Gasteiger partial charge in [0.1, 0.15) is 18.1 Å². The first-order chi connectivity index (χ1) is 9.81. The molecule has 3 rings (SSSR count). The van der Waals surface area contributed by atoms with Crippen molar-refractivity contribution in [1.29, 1.82) is 0 Å². The Morgan fingerprint density at radius 3 is 2.65 bits per heavy atom. The Morgan fingerprint density at radius 2 is 1.90 bits per heavy atom. The van der Waals surface area contributed by atoms with Crippen molar-refractivity contribution in [3.8, 4) is 5.75 Å². The van der Waals surface area contributed by atoms with Gasteiger partial charge in [-0.1, -0.05) is 42.5 Å². The average Bonchev–Trinajstić information content (AvgIpc) is 2.93. The maximum atomic E-state index is 11.4. The average molecular weight is 266 g/mol. The van der Waals surface area contributed by atoms with Crippen molar-refractivity contribution in [2.75, 3.05) is 0 Å². The highest BCUT2D eigenvalue weighted by atomic mass is 16.5. The molecule has 1 aliphatic rings. The van der Waals surface area contributed by atoms with Gasteiger partial charge in [0.25, 0.3) is 0 Å². The van der Waals surface area contributed by atoms with Crippen molar-refractivity contribution in [1.82, 2.24) is 0 Å². The zero-order chi connectivity index (χ0) is 13.8. The van der Waals surface area contributed by atoms with Gasteiger partial charge in [-0.2, -0.15) is 0 Å². The Labute approximate surface area is 119 Å². The van der Waals surface area contributed by atoms with Crippen molar-refractivity contribution in [3.05, 3.63) is 65.7 Å². The number of benzene rings is 2. The van der Waals surface area contributed by atoms with Crippen molar-refractivity contribution in [3.63, 3.8) is 0 Å². The van der Waals surface area contributed by atoms with Gasteiger partial charge in [0.05, 0.1) is 0 Å². The van der Waals surface area contributed by atoms with Crippen molar-refractivity contribution >= 4 is 5.78 Å². The molecule has 0 saturated heterocycles. The fourth-order valence-corrected chi connectivity index (χ4v) is 2.70. The topological polar surface area (TPSA) is 26.3 Å². The van der Waals surface area contributed by atoms with Gasteiger partial charge in [0, 0.05) is 12.8 Å². The third-order valence-corrected chi connectivity index (χ3v) is 3.82. The van der Waals surface area contributed by atoms with Crippen molar-refractivity contribution in [2.45, 2.75) is 31.8 Å². The first kappa shape index (κ1) is 12.9. The van der Waals surface area contributed by atoms with Gasteiger partial charge in [0.15, 0.2) is 0 Å². The lowest BCUT2D eigenvalue weighted by Gasteiger charge is -2.11. The maximum absolute atomic E-state index is 11.4. The van der Waals surface area contributed by atoms with E-state index in [0.717, 1.165) is 24.2 Å². The number of hydrogen-bond acceptors (Lipinski definition) is 2. The molecule has 2 heteroatoms. The first-order valence-corrected chi connectivity index (χ1v) is 7.09. The number of carbonyl (C=O) groups is 1. The van der Waals surface area contributed by atoms with E-state index in [9.17, 15) is 4.79 Å². The minimum Gasteiger partial charge on any atom is -0.489 e. The van der Waals surface area contributed by atoms with Crippen LogP contribution in [0.25, 0.3) is 0 Å². The predicted octanol–water partition coefficient (Wildman–Crippen LogP) is 4.10. The van der Waals surface area contributed by atoms with Crippen LogP contribution in [0.15, 0.2) is 54.6 Å². The number of Topliss-reactive ketones (excluding diaryl/α,β-unsaturated/α-hetero) is 1. The molecule has 2 nitrogen and oxygen atoms in total. The molecule has 0 aliphatic heterocycles. The van der Waals surface area contributed by atoms with Crippen LogP contribution < -0.4 is 4.74 Å². The molecule has 0 radical (unpaired) electrons. The third kappa shape index (κ3) is 3.08. The molecule has 2 aromatic rings. The summed E-state index contributed by atoms with van der Waals surface area (Å²) in [4.78, 5) is 11.4. The van der Waals surface area contributed by atoms with E-state index in [-0.39, 0.29) is 0 Å². The Hall–Kier alpha value is -2.09. The number of ether oxygens (including phenoxy) is 1. The summed E-state index contributed by atoms with van der Waals surface area (Å²) in [5.41, 5.74) is 2.38. The number of rotatable bonds is 4. The Kier molecular flexibility index (Phi) is 3.82. The molecule has 1 saturated carbocycles. The molecule has 1 fully saturated rings. The van der Waals surface area contributed by atoms with Crippen LogP contribution in [0.1, 0.15) is 36.3 Å². The molecule has 102 valence electrons. The normalized spacial score (nSPS) is 18.2. The SMILES string of the molecule is O=C1CC[C@@H](c2cccc(OCc3ccccc3)c2)C1. The number of carbonyl (C=O) groups excluding carboxylic acids is 1. The second-order valence-electron chi connectivity index (χ2n) is 5.33. The Bertz CT molecular complexity index is 589. The third-order valence-electron chi connectivity index (χ3n) is 3.82. The van der Waals surface area contributed by atoms with E-state index < -0.39 is 0 Å². The summed E-state index contributed by atoms with van der Waals surface area (Å²) < 4.78 is 5.83. The molecule has 0 spiro atoms. The quantitative estimate of drug-likeness (QED) is 0.832. The molecular weight excluding hydrogens is 248 g/mol. The molecule has 2 aromatic carbocycles. The highest BCUT2D eigenvalue weighted by Gasteiger charge is 2.23. The molecule has 0 amide bonds. The summed E-state index contributed by atoms with van der Waals surface area (Å²) in [6, 6.07) is 18.3. The zero-order valence-electron chi connectivity index (χ0n) is 11.4. The molecule has 0 unspecified atom stereocenters. The van der Waals surface area contributed by atoms with Crippen LogP contribution in [0, 0.1) is 0 Å². The number of ketones is 1. The smallest absolute Gasteiger partial charge is 0.133 e. The number of hydrogen-bond donors (Lipinski definition) is 0. The largest absolute Gasteiger partial charge is 0.489 e. The molecule has 0 heterocycles. The molecule has 0 bridgehead atoms. The highest BCUT2D eigenvalue weighted by molar-refractivity contribution is 5.81. The molecule has 0 aromatic heterocycles. The second-order valence-corrected chi connectivity index (χ2v) is 5.33. The summed E-state index contributed by atoms with van der Waals surface area (Å²) in [6.07, 6.45) is 2.38. The van der Waals surface area contributed by atoms with Gasteiger partial charge in [-0.05, 0) is 35.6 Å². The first-order valence-electron chi connectivity index (χ1n) is 7.09. The van der Waals surface area contributed by atoms with Crippen LogP contribution in [-0.4, -0.2) is 5.78 Å². The lowest BCUT2D eigenvalue weighted by molar-refractivity contribution is -0.117. The van der Waals surface area contributed by atoms with Crippen LogP contribution in [0.4, 0.5) is 0 Å². The fraction of sp³-hybridized carbons (Fsp3) is 0.278. The van der Waals surface area contributed by atoms with Gasteiger partial charge in [-0.3, -0.25) is 4.79 Å². The van der Waals surface area contributed by atoms with E-state index in [2.05, 4.69) is 24.3 Å². The summed E-state index contributed by atoms with van der Waals surface area (Å²) >= 11 is 0. The Morgan fingerprint density at radius 1 is 1.05 bits per heavy atom.